The Morgan fingerprint density at radius 3 is 2.54 bits per heavy atom. The number of aryl methyl sites for hydroxylation is 1. The number of amides is 1. The van der Waals surface area contributed by atoms with Crippen molar-refractivity contribution in [1.82, 2.24) is 15.1 Å². The molecule has 2 aromatic rings. The Morgan fingerprint density at radius 2 is 1.96 bits per heavy atom. The molecular formula is C19H22F3N3O3. The van der Waals surface area contributed by atoms with Crippen LogP contribution in [0.3, 0.4) is 0 Å². The molecule has 0 saturated carbocycles. The molecule has 0 radical (unpaired) electrons. The average Bonchev–Trinajstić information content (AvgIpc) is 2.91. The first-order valence-corrected chi connectivity index (χ1v) is 8.82. The number of carboxylic acids is 1. The number of nitrogens with zero attached hydrogens (tertiary/aromatic N) is 2. The van der Waals surface area contributed by atoms with E-state index < -0.39 is 29.7 Å². The summed E-state index contributed by atoms with van der Waals surface area (Å²) in [7, 11) is 0. The van der Waals surface area contributed by atoms with E-state index in [1.54, 1.807) is 13.8 Å². The number of halogens is 3. The highest BCUT2D eigenvalue weighted by molar-refractivity contribution is 5.85. The second kappa shape index (κ2) is 8.45. The number of carboxylic acid groups (broad SMARTS) is 1. The summed E-state index contributed by atoms with van der Waals surface area (Å²) < 4.78 is 40.2. The molecule has 0 spiro atoms. The molecule has 1 aromatic heterocycles. The molecule has 28 heavy (non-hydrogen) atoms. The fourth-order valence-electron chi connectivity index (χ4n) is 2.97. The molecule has 0 aliphatic heterocycles. The van der Waals surface area contributed by atoms with E-state index in [0.29, 0.717) is 17.8 Å². The van der Waals surface area contributed by atoms with Gasteiger partial charge in [0.2, 0.25) is 5.91 Å². The Hall–Kier alpha value is -2.84. The molecule has 9 heteroatoms. The van der Waals surface area contributed by atoms with E-state index in [1.807, 2.05) is 6.92 Å². The number of unbranched alkanes of at least 4 members (excludes halogenated alkanes) is 1. The summed E-state index contributed by atoms with van der Waals surface area (Å²) in [4.78, 5) is 23.8. The molecule has 1 heterocycles. The van der Waals surface area contributed by atoms with Gasteiger partial charge in [-0.05, 0) is 38.5 Å². The Labute approximate surface area is 160 Å². The lowest BCUT2D eigenvalue weighted by molar-refractivity contribution is -0.142. The zero-order chi connectivity index (χ0) is 21.1. The normalized spacial score (nSPS) is 12.6. The minimum Gasteiger partial charge on any atom is -0.479 e. The number of aromatic nitrogens is 2. The number of hydrogen-bond donors (Lipinski definition) is 2. The average molecular weight is 397 g/mol. The van der Waals surface area contributed by atoms with E-state index in [-0.39, 0.29) is 17.7 Å². The molecule has 152 valence electrons. The van der Waals surface area contributed by atoms with Gasteiger partial charge in [0.15, 0.2) is 6.04 Å². The number of nitrogens with one attached hydrogen (secondary N) is 1. The van der Waals surface area contributed by atoms with Crippen LogP contribution in [0.2, 0.25) is 0 Å². The second-order valence-corrected chi connectivity index (χ2v) is 6.49. The number of rotatable bonds is 7. The first-order chi connectivity index (χ1) is 13.1. The maximum absolute atomic E-state index is 13.0. The molecule has 0 fully saturated rings. The number of hydrogen-bond acceptors (Lipinski definition) is 3. The zero-order valence-electron chi connectivity index (χ0n) is 15.8. The molecule has 0 aliphatic carbocycles. The third-order valence-electron chi connectivity index (χ3n) is 4.36. The monoisotopic (exact) mass is 397 g/mol. The lowest BCUT2D eigenvalue weighted by atomic mass is 10.0. The predicted molar refractivity (Wildman–Crippen MR) is 96.1 cm³/mol. The summed E-state index contributed by atoms with van der Waals surface area (Å²) in [6.07, 6.45) is -2.90. The van der Waals surface area contributed by atoms with E-state index in [4.69, 9.17) is 0 Å². The SMILES string of the molecule is CCCCC(=O)NC(C(=O)O)c1c(C)nn(-c2cccc(C(F)(F)F)c2)c1C. The minimum absolute atomic E-state index is 0.156. The van der Waals surface area contributed by atoms with Crippen LogP contribution in [0.1, 0.15) is 54.7 Å². The van der Waals surface area contributed by atoms with Gasteiger partial charge in [0, 0.05) is 17.7 Å². The van der Waals surface area contributed by atoms with Gasteiger partial charge in [-0.3, -0.25) is 4.79 Å². The van der Waals surface area contributed by atoms with Crippen LogP contribution in [0.15, 0.2) is 24.3 Å². The summed E-state index contributed by atoms with van der Waals surface area (Å²) in [5, 5.41) is 16.3. The van der Waals surface area contributed by atoms with Crippen molar-refractivity contribution in [3.05, 3.63) is 46.8 Å². The van der Waals surface area contributed by atoms with Crippen molar-refractivity contribution in [3.63, 3.8) is 0 Å². The summed E-state index contributed by atoms with van der Waals surface area (Å²) in [5.74, 6) is -1.67. The highest BCUT2D eigenvalue weighted by Crippen LogP contribution is 2.31. The maximum atomic E-state index is 13.0. The highest BCUT2D eigenvalue weighted by atomic mass is 19.4. The third kappa shape index (κ3) is 4.71. The summed E-state index contributed by atoms with van der Waals surface area (Å²) >= 11 is 0. The van der Waals surface area contributed by atoms with Crippen molar-refractivity contribution in [2.75, 3.05) is 0 Å². The fourth-order valence-corrected chi connectivity index (χ4v) is 2.97. The van der Waals surface area contributed by atoms with Crippen molar-refractivity contribution in [2.45, 2.75) is 52.3 Å². The van der Waals surface area contributed by atoms with Crippen molar-refractivity contribution in [3.8, 4) is 5.69 Å². The fraction of sp³-hybridized carbons (Fsp3) is 0.421. The maximum Gasteiger partial charge on any atom is 0.416 e. The van der Waals surface area contributed by atoms with E-state index >= 15 is 0 Å². The third-order valence-corrected chi connectivity index (χ3v) is 4.36. The Kier molecular flexibility index (Phi) is 6.48. The van der Waals surface area contributed by atoms with Crippen LogP contribution in [0, 0.1) is 13.8 Å². The number of benzene rings is 1. The van der Waals surface area contributed by atoms with Gasteiger partial charge in [0.25, 0.3) is 0 Å². The number of aliphatic carboxylic acids is 1. The van der Waals surface area contributed by atoms with E-state index in [0.717, 1.165) is 18.6 Å². The highest BCUT2D eigenvalue weighted by Gasteiger charge is 2.32. The largest absolute Gasteiger partial charge is 0.479 e. The summed E-state index contributed by atoms with van der Waals surface area (Å²) in [5.41, 5.74) is 0.248. The van der Waals surface area contributed by atoms with Crippen LogP contribution >= 0.6 is 0 Å². The van der Waals surface area contributed by atoms with Crippen LogP contribution in [0.5, 0.6) is 0 Å². The molecule has 1 aromatic carbocycles. The molecule has 1 atom stereocenters. The quantitative estimate of drug-likeness (QED) is 0.741. The van der Waals surface area contributed by atoms with Crippen LogP contribution in [0.25, 0.3) is 5.69 Å². The molecule has 0 saturated heterocycles. The molecule has 1 amide bonds. The van der Waals surface area contributed by atoms with Crippen LogP contribution in [-0.2, 0) is 15.8 Å². The number of alkyl halides is 3. The molecule has 2 rings (SSSR count). The smallest absolute Gasteiger partial charge is 0.416 e. The van der Waals surface area contributed by atoms with Gasteiger partial charge >= 0.3 is 12.1 Å². The van der Waals surface area contributed by atoms with E-state index in [9.17, 15) is 27.9 Å². The van der Waals surface area contributed by atoms with Crippen molar-refractivity contribution in [2.24, 2.45) is 0 Å². The Balaban J connectivity index is 2.44. The van der Waals surface area contributed by atoms with Crippen LogP contribution < -0.4 is 5.32 Å². The molecule has 1 unspecified atom stereocenters. The zero-order valence-corrected chi connectivity index (χ0v) is 15.8. The molecule has 0 bridgehead atoms. The van der Waals surface area contributed by atoms with Crippen molar-refractivity contribution >= 4 is 11.9 Å². The van der Waals surface area contributed by atoms with Crippen molar-refractivity contribution in [1.29, 1.82) is 0 Å². The van der Waals surface area contributed by atoms with Gasteiger partial charge in [0.05, 0.1) is 16.9 Å². The lowest BCUT2D eigenvalue weighted by Crippen LogP contribution is -2.34. The number of carbonyl (C=O) groups is 2. The molecule has 6 nitrogen and oxygen atoms in total. The minimum atomic E-state index is -4.51. The second-order valence-electron chi connectivity index (χ2n) is 6.49. The van der Waals surface area contributed by atoms with Crippen LogP contribution in [0.4, 0.5) is 13.2 Å². The first kappa shape index (κ1) is 21.5. The van der Waals surface area contributed by atoms with Gasteiger partial charge in [-0.1, -0.05) is 19.4 Å². The summed E-state index contributed by atoms with van der Waals surface area (Å²) in [6.45, 7) is 5.03. The van der Waals surface area contributed by atoms with Crippen molar-refractivity contribution < 1.29 is 27.9 Å². The topological polar surface area (TPSA) is 84.2 Å². The Morgan fingerprint density at radius 1 is 1.29 bits per heavy atom. The van der Waals surface area contributed by atoms with E-state index in [1.165, 1.54) is 16.8 Å². The molecular weight excluding hydrogens is 375 g/mol. The predicted octanol–water partition coefficient (Wildman–Crippen LogP) is 3.94. The Bertz CT molecular complexity index is 875. The van der Waals surface area contributed by atoms with Gasteiger partial charge in [-0.2, -0.15) is 18.3 Å². The summed E-state index contributed by atoms with van der Waals surface area (Å²) in [6, 6.07) is 3.27. The molecule has 0 aliphatic rings. The van der Waals surface area contributed by atoms with E-state index in [2.05, 4.69) is 10.4 Å². The lowest BCUT2D eigenvalue weighted by Gasteiger charge is -2.16. The first-order valence-electron chi connectivity index (χ1n) is 8.82. The van der Waals surface area contributed by atoms with Gasteiger partial charge in [-0.25, -0.2) is 9.48 Å². The number of carbonyl (C=O) groups excluding carboxylic acids is 1. The van der Waals surface area contributed by atoms with Crippen LogP contribution in [-0.4, -0.2) is 26.8 Å². The molecule has 2 N–H and O–H groups in total. The van der Waals surface area contributed by atoms with Gasteiger partial charge in [-0.15, -0.1) is 0 Å². The van der Waals surface area contributed by atoms with Gasteiger partial charge < -0.3 is 10.4 Å². The van der Waals surface area contributed by atoms with Gasteiger partial charge in [0.1, 0.15) is 0 Å². The standard InChI is InChI=1S/C19H22F3N3O3/c1-4-5-9-15(26)23-17(18(27)28)16-11(2)24-25(12(16)3)14-8-6-7-13(10-14)19(20,21)22/h6-8,10,17H,4-5,9H2,1-3H3,(H,23,26)(H,27,28).